The van der Waals surface area contributed by atoms with Gasteiger partial charge >= 0.3 is 0 Å². The molecule has 3 nitrogen and oxygen atoms in total. The highest BCUT2D eigenvalue weighted by Gasteiger charge is 2.33. The smallest absolute Gasteiger partial charge is 0.231 e. The van der Waals surface area contributed by atoms with Gasteiger partial charge in [0.2, 0.25) is 5.91 Å². The van der Waals surface area contributed by atoms with Gasteiger partial charge in [0.25, 0.3) is 0 Å². The van der Waals surface area contributed by atoms with Gasteiger partial charge in [0.05, 0.1) is 10.7 Å². The highest BCUT2D eigenvalue weighted by molar-refractivity contribution is 8.13. The summed E-state index contributed by atoms with van der Waals surface area (Å²) in [7, 11) is 0. The molecule has 0 radical (unpaired) electrons. The quantitative estimate of drug-likeness (QED) is 0.824. The summed E-state index contributed by atoms with van der Waals surface area (Å²) in [5.74, 6) is 1.47. The van der Waals surface area contributed by atoms with E-state index in [0.29, 0.717) is 5.02 Å². The number of nitrogens with zero attached hydrogens (tertiary/aromatic N) is 2. The van der Waals surface area contributed by atoms with Crippen molar-refractivity contribution in [3.8, 4) is 0 Å². The molecule has 2 aliphatic rings. The molecular weight excluding hydrogens is 292 g/mol. The molecular formula is C15H17ClN2OS. The first-order valence-electron chi connectivity index (χ1n) is 7.03. The predicted molar refractivity (Wildman–Crippen MR) is 84.7 cm³/mol. The summed E-state index contributed by atoms with van der Waals surface area (Å²) in [5.41, 5.74) is 0.741. The molecule has 0 spiro atoms. The summed E-state index contributed by atoms with van der Waals surface area (Å²) in [6, 6.07) is 7.51. The molecule has 0 bridgehead atoms. The fraction of sp³-hybridized carbons (Fsp3) is 0.467. The molecule has 1 aromatic carbocycles. The number of halogens is 1. The van der Waals surface area contributed by atoms with Crippen LogP contribution in [0.5, 0.6) is 0 Å². The molecule has 1 aliphatic carbocycles. The lowest BCUT2D eigenvalue weighted by molar-refractivity contribution is -0.134. The van der Waals surface area contributed by atoms with Crippen LogP contribution in [0.15, 0.2) is 29.3 Å². The number of amides is 1. The summed E-state index contributed by atoms with van der Waals surface area (Å²) >= 11 is 7.80. The third-order valence-corrected chi connectivity index (χ3v) is 5.16. The zero-order valence-corrected chi connectivity index (χ0v) is 12.8. The van der Waals surface area contributed by atoms with E-state index in [0.717, 1.165) is 42.4 Å². The lowest BCUT2D eigenvalue weighted by Crippen LogP contribution is -2.44. The van der Waals surface area contributed by atoms with E-state index in [1.807, 2.05) is 29.2 Å². The summed E-state index contributed by atoms with van der Waals surface area (Å²) in [5, 5.41) is 1.43. The number of para-hydroxylation sites is 1. The third kappa shape index (κ3) is 2.86. The number of carbonyl (C=O) groups excluding carboxylic acids is 1. The van der Waals surface area contributed by atoms with Gasteiger partial charge in [-0.25, -0.2) is 4.99 Å². The molecule has 0 atom stereocenters. The predicted octanol–water partition coefficient (Wildman–Crippen LogP) is 4.09. The zero-order valence-electron chi connectivity index (χ0n) is 11.2. The molecule has 1 amide bonds. The Labute approximate surface area is 128 Å². The van der Waals surface area contributed by atoms with E-state index in [1.165, 1.54) is 6.42 Å². The van der Waals surface area contributed by atoms with Gasteiger partial charge in [0.1, 0.15) is 0 Å². The van der Waals surface area contributed by atoms with Crippen molar-refractivity contribution in [2.75, 3.05) is 12.3 Å². The van der Waals surface area contributed by atoms with Crippen molar-refractivity contribution in [3.63, 3.8) is 0 Å². The van der Waals surface area contributed by atoms with E-state index >= 15 is 0 Å². The number of hydrogen-bond acceptors (Lipinski definition) is 3. The molecule has 1 aromatic rings. The lowest BCUT2D eigenvalue weighted by atomic mass is 9.84. The molecule has 3 rings (SSSR count). The first kappa shape index (κ1) is 14.0. The standard InChI is InChI=1S/C15H17ClN2OS/c16-12-7-1-2-8-13(12)17-15-18(9-4-10-20-15)14(19)11-5-3-6-11/h1-2,7-8,11H,3-6,9-10H2. The molecule has 106 valence electrons. The number of aliphatic imine (C=N–C) groups is 1. The molecule has 2 fully saturated rings. The minimum Gasteiger partial charge on any atom is -0.291 e. The van der Waals surface area contributed by atoms with Crippen molar-refractivity contribution in [1.82, 2.24) is 4.90 Å². The van der Waals surface area contributed by atoms with Gasteiger partial charge in [-0.15, -0.1) is 0 Å². The van der Waals surface area contributed by atoms with Crippen LogP contribution in [0.1, 0.15) is 25.7 Å². The Bertz CT molecular complexity index is 542. The fourth-order valence-corrected chi connectivity index (χ4v) is 3.51. The molecule has 0 unspecified atom stereocenters. The monoisotopic (exact) mass is 308 g/mol. The van der Waals surface area contributed by atoms with Crippen molar-refractivity contribution in [3.05, 3.63) is 29.3 Å². The van der Waals surface area contributed by atoms with Gasteiger partial charge < -0.3 is 0 Å². The maximum Gasteiger partial charge on any atom is 0.231 e. The Morgan fingerprint density at radius 2 is 2.10 bits per heavy atom. The largest absolute Gasteiger partial charge is 0.291 e. The molecule has 1 saturated carbocycles. The summed E-state index contributed by atoms with van der Waals surface area (Å²) in [6.07, 6.45) is 4.26. The van der Waals surface area contributed by atoms with E-state index in [-0.39, 0.29) is 11.8 Å². The minimum absolute atomic E-state index is 0.213. The minimum atomic E-state index is 0.213. The van der Waals surface area contributed by atoms with Crippen molar-refractivity contribution in [2.24, 2.45) is 10.9 Å². The number of carbonyl (C=O) groups is 1. The second-order valence-electron chi connectivity index (χ2n) is 5.17. The second kappa shape index (κ2) is 6.19. The van der Waals surface area contributed by atoms with Gasteiger partial charge in [-0.3, -0.25) is 9.69 Å². The van der Waals surface area contributed by atoms with Crippen LogP contribution in [0.3, 0.4) is 0 Å². The number of hydrogen-bond donors (Lipinski definition) is 0. The Morgan fingerprint density at radius 1 is 1.30 bits per heavy atom. The van der Waals surface area contributed by atoms with Crippen molar-refractivity contribution in [1.29, 1.82) is 0 Å². The Balaban J connectivity index is 1.85. The van der Waals surface area contributed by atoms with Crippen molar-refractivity contribution >= 4 is 40.1 Å². The van der Waals surface area contributed by atoms with Crippen LogP contribution < -0.4 is 0 Å². The maximum atomic E-state index is 12.5. The van der Waals surface area contributed by atoms with Crippen LogP contribution in [0.4, 0.5) is 5.69 Å². The highest BCUT2D eigenvalue weighted by Crippen LogP contribution is 2.32. The van der Waals surface area contributed by atoms with Crippen LogP contribution in [0.2, 0.25) is 5.02 Å². The SMILES string of the molecule is O=C(C1CCC1)N1CCCSC1=Nc1ccccc1Cl. The Kier molecular flexibility index (Phi) is 4.32. The fourth-order valence-electron chi connectivity index (χ4n) is 2.38. The van der Waals surface area contributed by atoms with Crippen LogP contribution in [0, 0.1) is 5.92 Å². The topological polar surface area (TPSA) is 32.7 Å². The van der Waals surface area contributed by atoms with Crippen molar-refractivity contribution < 1.29 is 4.79 Å². The first-order valence-corrected chi connectivity index (χ1v) is 8.39. The van der Waals surface area contributed by atoms with Gasteiger partial charge in [0.15, 0.2) is 5.17 Å². The molecule has 0 N–H and O–H groups in total. The summed E-state index contributed by atoms with van der Waals surface area (Å²) < 4.78 is 0. The third-order valence-electron chi connectivity index (χ3n) is 3.78. The average Bonchev–Trinajstić information content (AvgIpc) is 2.40. The number of rotatable bonds is 2. The molecule has 1 aliphatic heterocycles. The Hall–Kier alpha value is -1.00. The molecule has 1 saturated heterocycles. The summed E-state index contributed by atoms with van der Waals surface area (Å²) in [6.45, 7) is 0.783. The van der Waals surface area contributed by atoms with Gasteiger partial charge in [0, 0.05) is 18.2 Å². The lowest BCUT2D eigenvalue weighted by Gasteiger charge is -2.34. The van der Waals surface area contributed by atoms with E-state index in [2.05, 4.69) is 4.99 Å². The van der Waals surface area contributed by atoms with Gasteiger partial charge in [-0.05, 0) is 31.4 Å². The normalized spacial score (nSPS) is 21.9. The van der Waals surface area contributed by atoms with Crippen LogP contribution in [-0.2, 0) is 4.79 Å². The number of thioether (sulfide) groups is 1. The van der Waals surface area contributed by atoms with Gasteiger partial charge in [-0.1, -0.05) is 41.9 Å². The highest BCUT2D eigenvalue weighted by atomic mass is 35.5. The van der Waals surface area contributed by atoms with Crippen molar-refractivity contribution in [2.45, 2.75) is 25.7 Å². The van der Waals surface area contributed by atoms with E-state index < -0.39 is 0 Å². The number of amidine groups is 1. The van der Waals surface area contributed by atoms with Crippen LogP contribution in [-0.4, -0.2) is 28.3 Å². The van der Waals surface area contributed by atoms with Crippen LogP contribution >= 0.6 is 23.4 Å². The van der Waals surface area contributed by atoms with Crippen LogP contribution in [0.25, 0.3) is 0 Å². The second-order valence-corrected chi connectivity index (χ2v) is 6.63. The van der Waals surface area contributed by atoms with E-state index in [4.69, 9.17) is 11.6 Å². The molecule has 20 heavy (non-hydrogen) atoms. The molecule has 0 aromatic heterocycles. The number of benzene rings is 1. The summed E-state index contributed by atoms with van der Waals surface area (Å²) in [4.78, 5) is 18.9. The average molecular weight is 309 g/mol. The van der Waals surface area contributed by atoms with Gasteiger partial charge in [-0.2, -0.15) is 0 Å². The molecule has 5 heteroatoms. The zero-order chi connectivity index (χ0) is 13.9. The molecule has 1 heterocycles. The maximum absolute atomic E-state index is 12.5. The van der Waals surface area contributed by atoms with E-state index in [9.17, 15) is 4.79 Å². The first-order chi connectivity index (χ1) is 9.75. The van der Waals surface area contributed by atoms with E-state index in [1.54, 1.807) is 11.8 Å². The Morgan fingerprint density at radius 3 is 2.80 bits per heavy atom.